The Bertz CT molecular complexity index is 1190. The number of rotatable bonds is 7. The molecule has 2 aromatic carbocycles. The van der Waals surface area contributed by atoms with Gasteiger partial charge < -0.3 is 27.4 Å². The van der Waals surface area contributed by atoms with Crippen molar-refractivity contribution in [1.82, 2.24) is 10.2 Å². The van der Waals surface area contributed by atoms with Crippen molar-refractivity contribution in [2.75, 3.05) is 44.7 Å². The fourth-order valence-corrected chi connectivity index (χ4v) is 4.14. The number of non-ortho nitro benzene ring substituents is 1. The number of anilines is 1. The summed E-state index contributed by atoms with van der Waals surface area (Å²) in [4.78, 5) is 52.1. The number of halogens is 1. The molecule has 12 heteroatoms. The van der Waals surface area contributed by atoms with E-state index in [2.05, 4.69) is 15.5 Å². The molecule has 2 aliphatic heterocycles. The van der Waals surface area contributed by atoms with Crippen molar-refractivity contribution in [2.24, 2.45) is 0 Å². The number of carbonyl (C=O) groups is 3. The maximum absolute atomic E-state index is 13.2. The first kappa shape index (κ1) is 26.6. The van der Waals surface area contributed by atoms with E-state index in [0.717, 1.165) is 36.6 Å². The van der Waals surface area contributed by atoms with Crippen LogP contribution in [0.5, 0.6) is 5.75 Å². The number of benzene rings is 2. The lowest BCUT2D eigenvalue weighted by molar-refractivity contribution is -0.655. The van der Waals surface area contributed by atoms with Gasteiger partial charge in [-0.2, -0.15) is 0 Å². The Labute approximate surface area is 213 Å². The highest BCUT2D eigenvalue weighted by molar-refractivity contribution is 6.31. The number of ether oxygens (including phenoxy) is 1. The SMILES string of the molecule is COc1ccc(CCN2C(=O)NC(=O)/C(=C/c3cc([N+](=O)[O-])ccc3N3CC[NH2+]CC3)C2=O)cc1.[Cl-]. The molecule has 11 nitrogen and oxygen atoms in total. The van der Waals surface area contributed by atoms with Gasteiger partial charge in [-0.05, 0) is 36.3 Å². The number of hydrogen-bond acceptors (Lipinski definition) is 7. The van der Waals surface area contributed by atoms with Gasteiger partial charge in [0.15, 0.2) is 0 Å². The number of nitro benzene ring substituents is 1. The number of hydrogen-bond donors (Lipinski definition) is 2. The number of nitrogens with two attached hydrogens (primary N) is 1. The second kappa shape index (κ2) is 11.6. The van der Waals surface area contributed by atoms with Crippen LogP contribution >= 0.6 is 0 Å². The molecule has 0 unspecified atom stereocenters. The normalized spacial score (nSPS) is 17.0. The number of nitrogens with one attached hydrogen (secondary N) is 1. The first-order chi connectivity index (χ1) is 16.9. The van der Waals surface area contributed by atoms with E-state index in [4.69, 9.17) is 4.74 Å². The zero-order chi connectivity index (χ0) is 24.9. The molecule has 36 heavy (non-hydrogen) atoms. The third-order valence-corrected chi connectivity index (χ3v) is 6.04. The van der Waals surface area contributed by atoms with E-state index in [1.165, 1.54) is 18.2 Å². The number of carbonyl (C=O) groups excluding carboxylic acids is 3. The van der Waals surface area contributed by atoms with Crippen LogP contribution in [0.1, 0.15) is 11.1 Å². The molecule has 0 bridgehead atoms. The summed E-state index contributed by atoms with van der Waals surface area (Å²) < 4.78 is 5.14. The number of quaternary nitrogens is 1. The number of methoxy groups -OCH3 is 1. The molecule has 2 aromatic rings. The molecule has 0 spiro atoms. The summed E-state index contributed by atoms with van der Waals surface area (Å²) >= 11 is 0. The monoisotopic (exact) mass is 515 g/mol. The number of piperazine rings is 1. The van der Waals surface area contributed by atoms with Crippen LogP contribution in [0.4, 0.5) is 16.2 Å². The highest BCUT2D eigenvalue weighted by Gasteiger charge is 2.36. The maximum Gasteiger partial charge on any atom is 0.331 e. The van der Waals surface area contributed by atoms with Crippen molar-refractivity contribution in [1.29, 1.82) is 0 Å². The molecule has 0 saturated carbocycles. The Hall–Kier alpha value is -3.96. The Morgan fingerprint density at radius 2 is 1.81 bits per heavy atom. The van der Waals surface area contributed by atoms with E-state index in [-0.39, 0.29) is 30.2 Å². The quantitative estimate of drug-likeness (QED) is 0.183. The predicted molar refractivity (Wildman–Crippen MR) is 127 cm³/mol. The van der Waals surface area contributed by atoms with E-state index < -0.39 is 22.8 Å². The highest BCUT2D eigenvalue weighted by Crippen LogP contribution is 2.29. The summed E-state index contributed by atoms with van der Waals surface area (Å²) in [5.74, 6) is -0.877. The van der Waals surface area contributed by atoms with E-state index in [1.54, 1.807) is 25.3 Å². The molecular formula is C24H26ClN5O6. The van der Waals surface area contributed by atoms with Crippen LogP contribution in [0.2, 0.25) is 0 Å². The van der Waals surface area contributed by atoms with E-state index in [1.807, 2.05) is 12.1 Å². The van der Waals surface area contributed by atoms with Gasteiger partial charge in [-0.15, -0.1) is 0 Å². The fourth-order valence-electron chi connectivity index (χ4n) is 4.14. The molecule has 0 radical (unpaired) electrons. The molecule has 0 aliphatic carbocycles. The lowest BCUT2D eigenvalue weighted by atomic mass is 10.0. The first-order valence-electron chi connectivity index (χ1n) is 11.2. The van der Waals surface area contributed by atoms with Crippen LogP contribution in [0, 0.1) is 10.1 Å². The average molecular weight is 516 g/mol. The largest absolute Gasteiger partial charge is 1.00 e. The number of amides is 4. The summed E-state index contributed by atoms with van der Waals surface area (Å²) in [6.45, 7) is 3.23. The van der Waals surface area contributed by atoms with Crippen molar-refractivity contribution in [3.63, 3.8) is 0 Å². The number of imide groups is 2. The molecule has 2 aliphatic rings. The second-order valence-corrected chi connectivity index (χ2v) is 8.23. The Kier molecular flexibility index (Phi) is 8.62. The van der Waals surface area contributed by atoms with Crippen molar-refractivity contribution in [3.8, 4) is 5.75 Å². The molecule has 2 heterocycles. The molecule has 2 fully saturated rings. The number of barbiturate groups is 1. The highest BCUT2D eigenvalue weighted by atomic mass is 35.5. The minimum absolute atomic E-state index is 0. The summed E-state index contributed by atoms with van der Waals surface area (Å²) in [5.41, 5.74) is 1.56. The van der Waals surface area contributed by atoms with Crippen LogP contribution in [-0.4, -0.2) is 67.5 Å². The zero-order valence-corrected chi connectivity index (χ0v) is 20.4. The van der Waals surface area contributed by atoms with Gasteiger partial charge in [-0.3, -0.25) is 29.9 Å². The van der Waals surface area contributed by atoms with E-state index in [9.17, 15) is 24.5 Å². The van der Waals surface area contributed by atoms with Crippen molar-refractivity contribution in [3.05, 3.63) is 69.3 Å². The molecule has 190 valence electrons. The second-order valence-electron chi connectivity index (χ2n) is 8.23. The van der Waals surface area contributed by atoms with Gasteiger partial charge in [0.1, 0.15) is 11.3 Å². The minimum Gasteiger partial charge on any atom is -1.00 e. The standard InChI is InChI=1S/C24H25N5O6.ClH/c1-35-19-5-2-16(3-6-19)8-11-28-23(31)20(22(30)26-24(28)32)15-17-14-18(29(33)34)4-7-21(17)27-12-9-25-10-13-27;/h2-7,14-15,25H,8-13H2,1H3,(H,26,30,32);1H/b20-15-;. The third kappa shape index (κ3) is 5.81. The smallest absolute Gasteiger partial charge is 0.331 e. The van der Waals surface area contributed by atoms with Gasteiger partial charge in [0.2, 0.25) is 0 Å². The van der Waals surface area contributed by atoms with Crippen molar-refractivity contribution >= 4 is 35.3 Å². The van der Waals surface area contributed by atoms with Gasteiger partial charge in [0.25, 0.3) is 17.5 Å². The predicted octanol–water partition coefficient (Wildman–Crippen LogP) is -2.30. The van der Waals surface area contributed by atoms with Gasteiger partial charge in [-0.25, -0.2) is 4.79 Å². The fraction of sp³-hybridized carbons (Fsp3) is 0.292. The number of nitrogens with zero attached hydrogens (tertiary/aromatic N) is 3. The first-order valence-corrected chi connectivity index (χ1v) is 11.2. The minimum atomic E-state index is -0.829. The molecule has 4 rings (SSSR count). The van der Waals surface area contributed by atoms with Gasteiger partial charge >= 0.3 is 6.03 Å². The van der Waals surface area contributed by atoms with Gasteiger partial charge in [0, 0.05) is 29.9 Å². The molecule has 0 atom stereocenters. The average Bonchev–Trinajstić information content (AvgIpc) is 2.87. The van der Waals surface area contributed by atoms with Gasteiger partial charge in [0.05, 0.1) is 38.2 Å². The van der Waals surface area contributed by atoms with Crippen LogP contribution in [0.25, 0.3) is 6.08 Å². The van der Waals surface area contributed by atoms with E-state index >= 15 is 0 Å². The number of nitro groups is 1. The molecular weight excluding hydrogens is 490 g/mol. The lowest BCUT2D eigenvalue weighted by Gasteiger charge is -2.29. The topological polar surface area (TPSA) is 139 Å². The lowest BCUT2D eigenvalue weighted by Crippen LogP contribution is -3.00. The molecule has 3 N–H and O–H groups in total. The van der Waals surface area contributed by atoms with Crippen molar-refractivity contribution in [2.45, 2.75) is 6.42 Å². The van der Waals surface area contributed by atoms with Crippen LogP contribution in [-0.2, 0) is 16.0 Å². The summed E-state index contributed by atoms with van der Waals surface area (Å²) in [7, 11) is 1.56. The van der Waals surface area contributed by atoms with Crippen LogP contribution in [0.3, 0.4) is 0 Å². The van der Waals surface area contributed by atoms with Gasteiger partial charge in [-0.1, -0.05) is 12.1 Å². The number of urea groups is 1. The van der Waals surface area contributed by atoms with E-state index in [0.29, 0.717) is 23.4 Å². The summed E-state index contributed by atoms with van der Waals surface area (Å²) in [6, 6.07) is 10.8. The molecule has 2 saturated heterocycles. The maximum atomic E-state index is 13.2. The Morgan fingerprint density at radius 3 is 2.44 bits per heavy atom. The summed E-state index contributed by atoms with van der Waals surface area (Å²) in [5, 5.41) is 15.8. The third-order valence-electron chi connectivity index (χ3n) is 6.04. The molecule has 0 aromatic heterocycles. The Balaban J connectivity index is 0.00000361. The van der Waals surface area contributed by atoms with Crippen LogP contribution in [0.15, 0.2) is 48.0 Å². The Morgan fingerprint density at radius 1 is 1.11 bits per heavy atom. The summed E-state index contributed by atoms with van der Waals surface area (Å²) in [6.07, 6.45) is 1.72. The van der Waals surface area contributed by atoms with Crippen molar-refractivity contribution < 1.29 is 41.8 Å². The zero-order valence-electron chi connectivity index (χ0n) is 19.6. The van der Waals surface area contributed by atoms with Crippen LogP contribution < -0.4 is 32.7 Å². The molecule has 4 amide bonds.